The second kappa shape index (κ2) is 15.3. The van der Waals surface area contributed by atoms with Gasteiger partial charge in [-0.2, -0.15) is 30.7 Å². The second-order valence-electron chi connectivity index (χ2n) is 9.55. The lowest BCUT2D eigenvalue weighted by atomic mass is 10.0. The highest BCUT2D eigenvalue weighted by molar-refractivity contribution is 7.99. The normalized spacial score (nSPS) is 12.1. The van der Waals surface area contributed by atoms with Crippen LogP contribution < -0.4 is 5.32 Å². The smallest absolute Gasteiger partial charge is 0.460 e. The number of amides is 1. The number of rotatable bonds is 16. The number of carbonyl (C=O) groups is 3. The summed E-state index contributed by atoms with van der Waals surface area (Å²) in [5.74, 6) is -18.5. The predicted molar refractivity (Wildman–Crippen MR) is 144 cm³/mol. The van der Waals surface area contributed by atoms with E-state index in [-0.39, 0.29) is 48.3 Å². The fourth-order valence-corrected chi connectivity index (χ4v) is 4.59. The number of benzene rings is 1. The van der Waals surface area contributed by atoms with Crippen molar-refractivity contribution in [1.29, 1.82) is 0 Å². The van der Waals surface area contributed by atoms with Crippen LogP contribution in [0.15, 0.2) is 40.5 Å². The van der Waals surface area contributed by atoms with Crippen LogP contribution in [0, 0.1) is 15.9 Å². The third kappa shape index (κ3) is 9.10. The minimum atomic E-state index is -6.70. The molecule has 0 fully saturated rings. The number of alkyl halides is 7. The van der Waals surface area contributed by atoms with E-state index in [1.165, 1.54) is 0 Å². The van der Waals surface area contributed by atoms with Gasteiger partial charge in [-0.3, -0.25) is 24.5 Å². The summed E-state index contributed by atoms with van der Waals surface area (Å²) in [7, 11) is 0. The predicted octanol–water partition coefficient (Wildman–Crippen LogP) is 5.39. The van der Waals surface area contributed by atoms with Crippen molar-refractivity contribution in [3.8, 4) is 0 Å². The minimum absolute atomic E-state index is 0.0265. The molecular formula is C25H21F8N7O7S. The molecule has 1 amide bonds. The number of nitrogens with one attached hydrogen (secondary N) is 1. The Morgan fingerprint density at radius 3 is 2.35 bits per heavy atom. The Bertz CT molecular complexity index is 1670. The van der Waals surface area contributed by atoms with Gasteiger partial charge in [0.05, 0.1) is 17.0 Å². The first-order chi connectivity index (χ1) is 22.3. The fourth-order valence-electron chi connectivity index (χ4n) is 3.68. The van der Waals surface area contributed by atoms with Crippen molar-refractivity contribution in [2.75, 3.05) is 11.9 Å². The molecular weight excluding hydrogens is 694 g/mol. The molecule has 0 atom stereocenters. The number of hydrogen-bond donors (Lipinski definition) is 2. The maximum absolute atomic E-state index is 14.6. The van der Waals surface area contributed by atoms with Crippen LogP contribution in [0.4, 0.5) is 46.6 Å². The van der Waals surface area contributed by atoms with Crippen molar-refractivity contribution in [3.63, 3.8) is 0 Å². The molecule has 2 aromatic heterocycles. The van der Waals surface area contributed by atoms with Gasteiger partial charge in [0, 0.05) is 41.6 Å². The summed E-state index contributed by atoms with van der Waals surface area (Å²) >= 11 is 0.654. The SMILES string of the molecule is O=C(O)CCCCCC(=O)OCCn1nnnc1Sc1ccc([N+](=O)[O-])cc1C(=O)Nc1ncc(C(F)(F)C(F)(F)C(F)(F)F)cc1F. The molecule has 260 valence electrons. The summed E-state index contributed by atoms with van der Waals surface area (Å²) in [5, 5.41) is 32.6. The molecule has 0 bridgehead atoms. The number of hydrogen-bond acceptors (Lipinski definition) is 11. The number of halogens is 8. The summed E-state index contributed by atoms with van der Waals surface area (Å²) in [6, 6.07) is 2.40. The van der Waals surface area contributed by atoms with Crippen LogP contribution in [0.1, 0.15) is 48.0 Å². The zero-order valence-corrected chi connectivity index (χ0v) is 24.7. The van der Waals surface area contributed by atoms with Crippen molar-refractivity contribution in [2.24, 2.45) is 0 Å². The van der Waals surface area contributed by atoms with Gasteiger partial charge in [0.1, 0.15) is 6.61 Å². The van der Waals surface area contributed by atoms with E-state index in [4.69, 9.17) is 9.84 Å². The Labute approximate surface area is 267 Å². The number of esters is 1. The molecule has 2 N–H and O–H groups in total. The number of carbonyl (C=O) groups excluding carboxylic acids is 2. The Morgan fingerprint density at radius 1 is 1.04 bits per heavy atom. The van der Waals surface area contributed by atoms with Gasteiger partial charge in [-0.1, -0.05) is 6.42 Å². The van der Waals surface area contributed by atoms with Crippen LogP contribution in [-0.4, -0.2) is 71.8 Å². The molecule has 0 spiro atoms. The number of aliphatic carboxylic acids is 1. The molecule has 23 heteroatoms. The molecule has 0 radical (unpaired) electrons. The van der Waals surface area contributed by atoms with Crippen molar-refractivity contribution in [1.82, 2.24) is 25.2 Å². The van der Waals surface area contributed by atoms with Gasteiger partial charge in [0.2, 0.25) is 5.16 Å². The van der Waals surface area contributed by atoms with Crippen molar-refractivity contribution in [3.05, 3.63) is 57.5 Å². The van der Waals surface area contributed by atoms with E-state index in [0.717, 1.165) is 22.9 Å². The number of non-ortho nitro benzene ring substituents is 1. The van der Waals surface area contributed by atoms with Crippen LogP contribution in [0.5, 0.6) is 0 Å². The Morgan fingerprint density at radius 2 is 1.73 bits per heavy atom. The number of ether oxygens (including phenoxy) is 1. The number of aromatic nitrogens is 5. The topological polar surface area (TPSA) is 192 Å². The maximum Gasteiger partial charge on any atom is 0.460 e. The number of tetrazole rings is 1. The van der Waals surface area contributed by atoms with Crippen LogP contribution in [0.3, 0.4) is 0 Å². The molecule has 14 nitrogen and oxygen atoms in total. The van der Waals surface area contributed by atoms with Crippen molar-refractivity contribution < 1.29 is 64.3 Å². The quantitative estimate of drug-likeness (QED) is 0.0633. The van der Waals surface area contributed by atoms with Crippen LogP contribution in [-0.2, 0) is 26.8 Å². The highest BCUT2D eigenvalue weighted by atomic mass is 32.2. The lowest BCUT2D eigenvalue weighted by Gasteiger charge is -2.28. The van der Waals surface area contributed by atoms with Gasteiger partial charge in [-0.05, 0) is 47.2 Å². The Kier molecular flexibility index (Phi) is 11.9. The number of nitrogens with zero attached hydrogens (tertiary/aromatic N) is 6. The monoisotopic (exact) mass is 715 g/mol. The van der Waals surface area contributed by atoms with E-state index in [1.54, 1.807) is 5.32 Å². The summed E-state index contributed by atoms with van der Waals surface area (Å²) in [5.41, 5.74) is -3.34. The molecule has 0 aliphatic rings. The number of pyridine rings is 1. The highest BCUT2D eigenvalue weighted by Crippen LogP contribution is 2.51. The first kappa shape index (κ1) is 37.5. The molecule has 0 unspecified atom stereocenters. The molecule has 3 rings (SSSR count). The largest absolute Gasteiger partial charge is 0.481 e. The van der Waals surface area contributed by atoms with E-state index in [0.29, 0.717) is 31.0 Å². The highest BCUT2D eigenvalue weighted by Gasteiger charge is 2.73. The third-order valence-electron chi connectivity index (χ3n) is 6.14. The van der Waals surface area contributed by atoms with E-state index in [9.17, 15) is 59.6 Å². The Balaban J connectivity index is 1.75. The summed E-state index contributed by atoms with van der Waals surface area (Å²) in [6.45, 7) is -0.316. The lowest BCUT2D eigenvalue weighted by Crippen LogP contribution is -2.50. The van der Waals surface area contributed by atoms with E-state index >= 15 is 0 Å². The van der Waals surface area contributed by atoms with Crippen LogP contribution in [0.2, 0.25) is 0 Å². The number of unbranched alkanes of at least 4 members (excludes halogenated alkanes) is 2. The molecule has 48 heavy (non-hydrogen) atoms. The lowest BCUT2D eigenvalue weighted by molar-refractivity contribution is -0.384. The van der Waals surface area contributed by atoms with E-state index in [1.807, 2.05) is 0 Å². The molecule has 2 heterocycles. The number of nitro groups is 1. The number of anilines is 1. The maximum atomic E-state index is 14.6. The van der Waals surface area contributed by atoms with Crippen molar-refractivity contribution >= 4 is 41.1 Å². The average Bonchev–Trinajstić information content (AvgIpc) is 3.43. The zero-order valence-electron chi connectivity index (χ0n) is 23.8. The summed E-state index contributed by atoms with van der Waals surface area (Å²) in [4.78, 5) is 48.9. The van der Waals surface area contributed by atoms with Crippen LogP contribution >= 0.6 is 11.8 Å². The van der Waals surface area contributed by atoms with Crippen LogP contribution in [0.25, 0.3) is 0 Å². The minimum Gasteiger partial charge on any atom is -0.481 e. The molecule has 0 aliphatic carbocycles. The van der Waals surface area contributed by atoms with Gasteiger partial charge in [-0.25, -0.2) is 14.1 Å². The van der Waals surface area contributed by atoms with E-state index in [2.05, 4.69) is 20.5 Å². The number of nitro benzene ring substituents is 1. The van der Waals surface area contributed by atoms with Crippen molar-refractivity contribution in [2.45, 2.75) is 66.7 Å². The molecule has 3 aromatic rings. The van der Waals surface area contributed by atoms with Gasteiger partial charge in [0.25, 0.3) is 11.6 Å². The van der Waals surface area contributed by atoms with Gasteiger partial charge in [-0.15, -0.1) is 5.10 Å². The van der Waals surface area contributed by atoms with Gasteiger partial charge in [0.15, 0.2) is 11.6 Å². The molecule has 0 saturated carbocycles. The number of carboxylic acids is 1. The Hall–Kier alpha value is -4.96. The standard InChI is InChI=1S/C25H21F8N7O7S/c26-16-10-13(23(27,28)24(29,30)25(31,32)33)12-34-20(16)35-21(44)15-11-14(40(45)46)6-7-17(15)48-22-36-37-38-39(22)8-9-47-19(43)5-3-1-2-4-18(41)42/h6-7,10-12H,1-5,8-9H2,(H,41,42)(H,34,35,44). The second-order valence-corrected chi connectivity index (χ2v) is 10.6. The summed E-state index contributed by atoms with van der Waals surface area (Å²) < 4.78 is 113. The van der Waals surface area contributed by atoms with Gasteiger partial charge >= 0.3 is 30.0 Å². The molecule has 1 aromatic carbocycles. The number of carboxylic acid groups (broad SMARTS) is 1. The van der Waals surface area contributed by atoms with Gasteiger partial charge < -0.3 is 15.2 Å². The molecule has 0 saturated heterocycles. The average molecular weight is 716 g/mol. The first-order valence-electron chi connectivity index (χ1n) is 13.2. The molecule has 0 aliphatic heterocycles. The third-order valence-corrected chi connectivity index (χ3v) is 7.19. The zero-order chi connectivity index (χ0) is 35.9. The van der Waals surface area contributed by atoms with E-state index < -0.39 is 69.2 Å². The fraction of sp³-hybridized carbons (Fsp3) is 0.400. The first-order valence-corrected chi connectivity index (χ1v) is 14.1. The summed E-state index contributed by atoms with van der Waals surface area (Å²) in [6.07, 6.45) is -5.64.